The number of amides is 1. The third-order valence-corrected chi connectivity index (χ3v) is 6.58. The lowest BCUT2D eigenvalue weighted by atomic mass is 9.94. The summed E-state index contributed by atoms with van der Waals surface area (Å²) in [5, 5.41) is 0. The van der Waals surface area contributed by atoms with Crippen LogP contribution >= 0.6 is 0 Å². The molecule has 0 spiro atoms. The number of carbonyl (C=O) groups excluding carboxylic acids is 1. The Labute approximate surface area is 160 Å². The summed E-state index contributed by atoms with van der Waals surface area (Å²) >= 11 is 0. The number of anilines is 1. The first-order valence-corrected chi connectivity index (χ1v) is 10.0. The van der Waals surface area contributed by atoms with Crippen LogP contribution in [0.3, 0.4) is 0 Å². The number of benzene rings is 1. The molecule has 2 atom stereocenters. The van der Waals surface area contributed by atoms with Crippen molar-refractivity contribution in [3.05, 3.63) is 59.3 Å². The Bertz CT molecular complexity index is 825. The van der Waals surface area contributed by atoms with Gasteiger partial charge in [0.1, 0.15) is 5.82 Å². The van der Waals surface area contributed by atoms with Gasteiger partial charge in [0.15, 0.2) is 0 Å². The summed E-state index contributed by atoms with van der Waals surface area (Å²) in [7, 11) is 0. The predicted molar refractivity (Wildman–Crippen MR) is 105 cm³/mol. The second kappa shape index (κ2) is 6.64. The molecular formula is C22H26N4O. The fourth-order valence-corrected chi connectivity index (χ4v) is 5.16. The third kappa shape index (κ3) is 3.10. The molecule has 5 nitrogen and oxygen atoms in total. The minimum Gasteiger partial charge on any atom is -0.384 e. The molecule has 1 amide bonds. The molecule has 3 aliphatic heterocycles. The SMILES string of the molecule is Nc1ccc(C(=O)N2C[C@H]3CC[C@@H]2CN(C2Cc4ccccc4C2)C3)cn1. The van der Waals surface area contributed by atoms with Gasteiger partial charge in [0, 0.05) is 37.9 Å². The molecule has 2 N–H and O–H groups in total. The summed E-state index contributed by atoms with van der Waals surface area (Å²) in [4.78, 5) is 22.0. The first kappa shape index (κ1) is 16.8. The molecule has 6 rings (SSSR count). The number of nitrogen functional groups attached to an aromatic ring is 1. The van der Waals surface area contributed by atoms with Gasteiger partial charge in [-0.25, -0.2) is 4.98 Å². The maximum Gasteiger partial charge on any atom is 0.255 e. The highest BCUT2D eigenvalue weighted by atomic mass is 16.2. The molecule has 1 aromatic carbocycles. The lowest BCUT2D eigenvalue weighted by Gasteiger charge is -2.36. The zero-order chi connectivity index (χ0) is 18.4. The molecule has 0 radical (unpaired) electrons. The zero-order valence-electron chi connectivity index (χ0n) is 15.6. The Hall–Kier alpha value is -2.40. The van der Waals surface area contributed by atoms with Gasteiger partial charge in [0.05, 0.1) is 5.56 Å². The summed E-state index contributed by atoms with van der Waals surface area (Å²) in [5.74, 6) is 1.13. The number of nitrogens with two attached hydrogens (primary N) is 1. The van der Waals surface area contributed by atoms with Gasteiger partial charge in [-0.15, -0.1) is 0 Å². The van der Waals surface area contributed by atoms with Crippen LogP contribution < -0.4 is 5.73 Å². The number of rotatable bonds is 2. The van der Waals surface area contributed by atoms with Crippen molar-refractivity contribution in [1.82, 2.24) is 14.8 Å². The minimum atomic E-state index is 0.105. The quantitative estimate of drug-likeness (QED) is 0.891. The van der Waals surface area contributed by atoms with Crippen molar-refractivity contribution in [2.24, 2.45) is 5.92 Å². The smallest absolute Gasteiger partial charge is 0.255 e. The maximum atomic E-state index is 13.1. The van der Waals surface area contributed by atoms with E-state index in [9.17, 15) is 4.79 Å². The van der Waals surface area contributed by atoms with E-state index >= 15 is 0 Å². The van der Waals surface area contributed by atoms with Crippen LogP contribution in [0, 0.1) is 5.92 Å². The Kier molecular flexibility index (Phi) is 4.12. The average molecular weight is 362 g/mol. The molecule has 0 saturated carbocycles. The largest absolute Gasteiger partial charge is 0.384 e. The van der Waals surface area contributed by atoms with Gasteiger partial charge >= 0.3 is 0 Å². The van der Waals surface area contributed by atoms with Crippen LogP contribution in [0.25, 0.3) is 0 Å². The zero-order valence-corrected chi connectivity index (χ0v) is 15.6. The minimum absolute atomic E-state index is 0.105. The topological polar surface area (TPSA) is 62.5 Å². The first-order valence-electron chi connectivity index (χ1n) is 10.0. The number of carbonyl (C=O) groups is 1. The molecule has 1 aliphatic carbocycles. The molecule has 2 aromatic rings. The standard InChI is InChI=1S/C22H26N4O/c23-21-8-6-18(11-24-21)22(27)26-13-15-5-7-19(26)14-25(12-15)20-9-16-3-1-2-4-17(16)10-20/h1-4,6,8,11,15,19-20H,5,7,9-10,12-14H2,(H2,23,24)/t15-,19+/m0/s1. The van der Waals surface area contributed by atoms with Crippen LogP contribution in [-0.2, 0) is 12.8 Å². The Balaban J connectivity index is 1.33. The fraction of sp³-hybridized carbons (Fsp3) is 0.455. The van der Waals surface area contributed by atoms with E-state index in [0.717, 1.165) is 38.9 Å². The van der Waals surface area contributed by atoms with Gasteiger partial charge in [0.2, 0.25) is 0 Å². The van der Waals surface area contributed by atoms with Crippen molar-refractivity contribution in [1.29, 1.82) is 0 Å². The second-order valence-electron chi connectivity index (χ2n) is 8.31. The first-order chi connectivity index (χ1) is 13.2. The van der Waals surface area contributed by atoms with Gasteiger partial charge in [-0.3, -0.25) is 9.69 Å². The van der Waals surface area contributed by atoms with E-state index < -0.39 is 0 Å². The summed E-state index contributed by atoms with van der Waals surface area (Å²) in [6, 6.07) is 13.2. The van der Waals surface area contributed by atoms with Crippen LogP contribution in [0.1, 0.15) is 34.3 Å². The Morgan fingerprint density at radius 1 is 0.963 bits per heavy atom. The van der Waals surface area contributed by atoms with Gasteiger partial charge in [-0.1, -0.05) is 24.3 Å². The molecule has 1 aromatic heterocycles. The molecule has 3 fully saturated rings. The van der Waals surface area contributed by atoms with Crippen molar-refractivity contribution in [2.45, 2.75) is 37.8 Å². The lowest BCUT2D eigenvalue weighted by Crippen LogP contribution is -2.48. The highest BCUT2D eigenvalue weighted by molar-refractivity contribution is 5.94. The number of hydrogen-bond donors (Lipinski definition) is 1. The van der Waals surface area contributed by atoms with E-state index in [1.54, 1.807) is 18.3 Å². The van der Waals surface area contributed by atoms with Gasteiger partial charge in [-0.2, -0.15) is 0 Å². The third-order valence-electron chi connectivity index (χ3n) is 6.58. The number of nitrogens with zero attached hydrogens (tertiary/aromatic N) is 3. The van der Waals surface area contributed by atoms with Gasteiger partial charge in [0.25, 0.3) is 5.91 Å². The lowest BCUT2D eigenvalue weighted by molar-refractivity contribution is 0.0581. The molecule has 3 saturated heterocycles. The van der Waals surface area contributed by atoms with Crippen molar-refractivity contribution in [3.63, 3.8) is 0 Å². The van der Waals surface area contributed by atoms with Crippen molar-refractivity contribution in [2.75, 3.05) is 25.4 Å². The normalized spacial score (nSPS) is 25.4. The highest BCUT2D eigenvalue weighted by Crippen LogP contribution is 2.33. The van der Waals surface area contributed by atoms with E-state index in [1.165, 1.54) is 17.5 Å². The second-order valence-corrected chi connectivity index (χ2v) is 8.31. The van der Waals surface area contributed by atoms with Gasteiger partial charge in [-0.05, 0) is 54.9 Å². The Morgan fingerprint density at radius 3 is 2.44 bits per heavy atom. The summed E-state index contributed by atoms with van der Waals surface area (Å²) in [6.45, 7) is 2.96. The van der Waals surface area contributed by atoms with E-state index in [1.807, 2.05) is 0 Å². The molecular weight excluding hydrogens is 336 g/mol. The maximum absolute atomic E-state index is 13.1. The summed E-state index contributed by atoms with van der Waals surface area (Å²) in [5.41, 5.74) is 9.32. The van der Waals surface area contributed by atoms with Gasteiger partial charge < -0.3 is 10.6 Å². The van der Waals surface area contributed by atoms with E-state index in [0.29, 0.717) is 29.4 Å². The molecule has 0 unspecified atom stereocenters. The molecule has 5 heteroatoms. The van der Waals surface area contributed by atoms with Crippen LogP contribution in [0.4, 0.5) is 5.82 Å². The van der Waals surface area contributed by atoms with E-state index in [4.69, 9.17) is 5.73 Å². The summed E-state index contributed by atoms with van der Waals surface area (Å²) in [6.07, 6.45) is 6.23. The molecule has 4 heterocycles. The monoisotopic (exact) mass is 362 g/mol. The summed E-state index contributed by atoms with van der Waals surface area (Å²) < 4.78 is 0. The predicted octanol–water partition coefficient (Wildman–Crippen LogP) is 2.37. The molecule has 2 bridgehead atoms. The van der Waals surface area contributed by atoms with Crippen molar-refractivity contribution >= 4 is 11.7 Å². The number of aromatic nitrogens is 1. The number of fused-ring (bicyclic) bond motifs is 5. The average Bonchev–Trinajstić information content (AvgIpc) is 2.91. The molecule has 4 aliphatic rings. The highest BCUT2D eigenvalue weighted by Gasteiger charge is 2.40. The van der Waals surface area contributed by atoms with Crippen LogP contribution in [0.15, 0.2) is 42.6 Å². The van der Waals surface area contributed by atoms with Crippen molar-refractivity contribution < 1.29 is 4.79 Å². The number of pyridine rings is 1. The van der Waals surface area contributed by atoms with Crippen LogP contribution in [0.2, 0.25) is 0 Å². The molecule has 27 heavy (non-hydrogen) atoms. The number of piperidine rings is 1. The Morgan fingerprint density at radius 2 is 1.74 bits per heavy atom. The number of hydrogen-bond acceptors (Lipinski definition) is 4. The molecule has 140 valence electrons. The van der Waals surface area contributed by atoms with Crippen molar-refractivity contribution in [3.8, 4) is 0 Å². The van der Waals surface area contributed by atoms with E-state index in [-0.39, 0.29) is 5.91 Å². The van der Waals surface area contributed by atoms with E-state index in [2.05, 4.69) is 39.0 Å². The fourth-order valence-electron chi connectivity index (χ4n) is 5.16. The van der Waals surface area contributed by atoms with Crippen LogP contribution in [0.5, 0.6) is 0 Å². The van der Waals surface area contributed by atoms with Crippen LogP contribution in [-0.4, -0.2) is 52.4 Å².